The Morgan fingerprint density at radius 3 is 1.82 bits per heavy atom. The molecule has 2 aliphatic heterocycles. The summed E-state index contributed by atoms with van der Waals surface area (Å²) >= 11 is 0. The number of hydrogen-bond acceptors (Lipinski definition) is 5. The van der Waals surface area contributed by atoms with E-state index in [9.17, 15) is 4.79 Å². The lowest BCUT2D eigenvalue weighted by Crippen LogP contribution is -2.43. The zero-order valence-electron chi connectivity index (χ0n) is 25.7. The molecule has 2 aliphatic rings. The molecule has 6 aromatic rings. The maximum absolute atomic E-state index is 14.3. The number of fused-ring (bicyclic) bond motifs is 8. The van der Waals surface area contributed by atoms with Crippen molar-refractivity contribution in [2.75, 3.05) is 0 Å². The van der Waals surface area contributed by atoms with E-state index in [4.69, 9.17) is 18.6 Å². The van der Waals surface area contributed by atoms with Gasteiger partial charge in [-0.05, 0) is 72.5 Å². The summed E-state index contributed by atoms with van der Waals surface area (Å²) in [5.41, 5.74) is 6.30. The van der Waals surface area contributed by atoms with Crippen LogP contribution in [-0.4, -0.2) is 11.9 Å². The number of benzene rings is 5. The van der Waals surface area contributed by atoms with Gasteiger partial charge in [0.25, 0.3) is 0 Å². The summed E-state index contributed by atoms with van der Waals surface area (Å²) in [7, 11) is 0. The minimum atomic E-state index is -1.83. The molecule has 1 aromatic heterocycles. The molecule has 45 heavy (non-hydrogen) atoms. The molecule has 0 radical (unpaired) electrons. The fourth-order valence-electron chi connectivity index (χ4n) is 7.12. The third-order valence-corrected chi connectivity index (χ3v) is 8.88. The van der Waals surface area contributed by atoms with E-state index in [1.165, 1.54) is 0 Å². The normalized spacial score (nSPS) is 16.3. The molecule has 0 amide bonds. The number of allylic oxidation sites excluding steroid dienone is 2. The van der Waals surface area contributed by atoms with Crippen LogP contribution in [0.4, 0.5) is 0 Å². The quantitative estimate of drug-likeness (QED) is 0.151. The molecule has 5 heteroatoms. The van der Waals surface area contributed by atoms with Gasteiger partial charge in [0.15, 0.2) is 0 Å². The van der Waals surface area contributed by atoms with Crippen LogP contribution in [0.15, 0.2) is 118 Å². The summed E-state index contributed by atoms with van der Waals surface area (Å²) in [5, 5.41) is 5.17. The number of aryl methyl sites for hydroxylation is 1. The molecule has 0 aliphatic carbocycles. The van der Waals surface area contributed by atoms with Crippen LogP contribution in [0.2, 0.25) is 0 Å². The largest absolute Gasteiger partial charge is 0.461 e. The molecule has 8 rings (SSSR count). The maximum atomic E-state index is 14.3. The van der Waals surface area contributed by atoms with Gasteiger partial charge in [-0.25, -0.2) is 4.79 Å². The summed E-state index contributed by atoms with van der Waals surface area (Å²) in [6, 6.07) is 32.4. The minimum Gasteiger partial charge on any atom is -0.461 e. The SMILES string of the molecule is CCCC(=C1C(=O)OC2(Oc3ccc4ccccc4c3-c3c(ccc4ccccc34)O2)C1=C(C)C)c1c(C)oc2ccccc12. The third kappa shape index (κ3) is 4.03. The van der Waals surface area contributed by atoms with Crippen molar-refractivity contribution < 1.29 is 23.4 Å². The minimum absolute atomic E-state index is 0.470. The summed E-state index contributed by atoms with van der Waals surface area (Å²) in [4.78, 5) is 14.3. The summed E-state index contributed by atoms with van der Waals surface area (Å²) in [5.74, 6) is -0.392. The number of esters is 1. The second-order valence-electron chi connectivity index (χ2n) is 12.0. The van der Waals surface area contributed by atoms with Gasteiger partial charge < -0.3 is 18.6 Å². The average molecular weight is 593 g/mol. The van der Waals surface area contributed by atoms with E-state index in [0.29, 0.717) is 29.1 Å². The molecule has 222 valence electrons. The highest BCUT2D eigenvalue weighted by atomic mass is 16.9. The Balaban J connectivity index is 1.44. The number of rotatable bonds is 3. The number of ether oxygens (including phenoxy) is 3. The molecule has 0 bridgehead atoms. The van der Waals surface area contributed by atoms with Crippen molar-refractivity contribution >= 4 is 44.1 Å². The van der Waals surface area contributed by atoms with E-state index in [0.717, 1.165) is 72.5 Å². The standard InChI is InChI=1S/C40H32O5/c1-5-12-30(34-24(4)42-31-18-11-10-17-29(31)34)37-38(23(2)3)40(45-39(37)41)43-32-21-19-25-13-6-8-15-27(25)35(32)36-28-16-9-7-14-26(28)20-22-33(36)44-40/h6-11,13-22H,5,12H2,1-4H3. The van der Waals surface area contributed by atoms with E-state index < -0.39 is 11.9 Å². The van der Waals surface area contributed by atoms with Crippen molar-refractivity contribution in [3.8, 4) is 22.6 Å². The van der Waals surface area contributed by atoms with Crippen LogP contribution >= 0.6 is 0 Å². The van der Waals surface area contributed by atoms with Gasteiger partial charge in [0.05, 0.1) is 11.1 Å². The predicted molar refractivity (Wildman–Crippen MR) is 178 cm³/mol. The first-order valence-electron chi connectivity index (χ1n) is 15.5. The number of para-hydroxylation sites is 1. The molecular weight excluding hydrogens is 560 g/mol. The lowest BCUT2D eigenvalue weighted by atomic mass is 9.88. The molecule has 1 saturated heterocycles. The van der Waals surface area contributed by atoms with Gasteiger partial charge in [0.1, 0.15) is 22.8 Å². The smallest absolute Gasteiger partial charge is 0.450 e. The fourth-order valence-corrected chi connectivity index (χ4v) is 7.12. The molecule has 0 saturated carbocycles. The van der Waals surface area contributed by atoms with Crippen LogP contribution in [0.25, 0.3) is 49.2 Å². The molecule has 5 aromatic carbocycles. The molecule has 3 heterocycles. The molecule has 5 nitrogen and oxygen atoms in total. The van der Waals surface area contributed by atoms with E-state index >= 15 is 0 Å². The first kappa shape index (κ1) is 27.3. The Morgan fingerprint density at radius 2 is 1.24 bits per heavy atom. The lowest BCUT2D eigenvalue weighted by molar-refractivity contribution is -0.244. The third-order valence-electron chi connectivity index (χ3n) is 8.88. The Bertz CT molecular complexity index is 2170. The summed E-state index contributed by atoms with van der Waals surface area (Å²) in [6.07, 6.45) is 1.46. The highest BCUT2D eigenvalue weighted by Gasteiger charge is 2.57. The Labute approximate surface area is 261 Å². The summed E-state index contributed by atoms with van der Waals surface area (Å²) < 4.78 is 26.3. The van der Waals surface area contributed by atoms with Crippen molar-refractivity contribution in [3.05, 3.63) is 125 Å². The summed E-state index contributed by atoms with van der Waals surface area (Å²) in [6.45, 7) is 8.01. The van der Waals surface area contributed by atoms with Crippen molar-refractivity contribution in [1.29, 1.82) is 0 Å². The van der Waals surface area contributed by atoms with Gasteiger partial charge in [-0.3, -0.25) is 0 Å². The van der Waals surface area contributed by atoms with Gasteiger partial charge in [-0.1, -0.05) is 97.8 Å². The second-order valence-corrected chi connectivity index (χ2v) is 12.0. The molecular formula is C40H32O5. The first-order valence-corrected chi connectivity index (χ1v) is 15.5. The highest BCUT2D eigenvalue weighted by molar-refractivity contribution is 6.11. The zero-order chi connectivity index (χ0) is 30.9. The number of hydrogen-bond donors (Lipinski definition) is 0. The lowest BCUT2D eigenvalue weighted by Gasteiger charge is -2.29. The molecule has 1 spiro atoms. The van der Waals surface area contributed by atoms with Crippen molar-refractivity contribution in [3.63, 3.8) is 0 Å². The van der Waals surface area contributed by atoms with Crippen LogP contribution in [-0.2, 0) is 9.53 Å². The van der Waals surface area contributed by atoms with Gasteiger partial charge in [0.2, 0.25) is 0 Å². The Kier molecular flexibility index (Phi) is 6.14. The van der Waals surface area contributed by atoms with Crippen LogP contribution in [0.1, 0.15) is 44.9 Å². The van der Waals surface area contributed by atoms with Crippen molar-refractivity contribution in [2.24, 2.45) is 0 Å². The van der Waals surface area contributed by atoms with E-state index in [1.54, 1.807) is 0 Å². The van der Waals surface area contributed by atoms with Crippen molar-refractivity contribution in [2.45, 2.75) is 46.5 Å². The monoisotopic (exact) mass is 592 g/mol. The number of furan rings is 1. The molecule has 1 fully saturated rings. The van der Waals surface area contributed by atoms with Crippen LogP contribution in [0.3, 0.4) is 0 Å². The first-order chi connectivity index (χ1) is 21.9. The van der Waals surface area contributed by atoms with Gasteiger partial charge in [0, 0.05) is 22.1 Å². The highest BCUT2D eigenvalue weighted by Crippen LogP contribution is 2.54. The molecule has 0 N–H and O–H groups in total. The van der Waals surface area contributed by atoms with E-state index in [1.807, 2.05) is 93.6 Å². The van der Waals surface area contributed by atoms with Gasteiger partial charge in [-0.15, -0.1) is 0 Å². The number of carbonyl (C=O) groups excluding carboxylic acids is 1. The van der Waals surface area contributed by atoms with E-state index in [-0.39, 0.29) is 0 Å². The zero-order valence-corrected chi connectivity index (χ0v) is 25.7. The van der Waals surface area contributed by atoms with Crippen LogP contribution < -0.4 is 9.47 Å². The second kappa shape index (κ2) is 10.1. The average Bonchev–Trinajstić information content (AvgIpc) is 3.46. The van der Waals surface area contributed by atoms with Gasteiger partial charge in [-0.2, -0.15) is 0 Å². The van der Waals surface area contributed by atoms with E-state index in [2.05, 4.69) is 31.2 Å². The molecule has 0 unspecified atom stereocenters. The van der Waals surface area contributed by atoms with Crippen LogP contribution in [0, 0.1) is 6.92 Å². The number of carbonyl (C=O) groups is 1. The molecule has 0 atom stereocenters. The van der Waals surface area contributed by atoms with Gasteiger partial charge >= 0.3 is 11.9 Å². The van der Waals surface area contributed by atoms with Crippen molar-refractivity contribution in [1.82, 2.24) is 0 Å². The predicted octanol–water partition coefficient (Wildman–Crippen LogP) is 10.3. The Hall–Kier alpha value is -5.29. The maximum Gasteiger partial charge on any atom is 0.450 e. The Morgan fingerprint density at radius 1 is 0.689 bits per heavy atom. The van der Waals surface area contributed by atoms with Crippen LogP contribution in [0.5, 0.6) is 11.5 Å². The topological polar surface area (TPSA) is 57.9 Å². The fraction of sp³-hybridized carbons (Fsp3) is 0.175.